The number of unbranched alkanes of at least 4 members (excludes halogenated alkanes) is 9. The van der Waals surface area contributed by atoms with Gasteiger partial charge in [0.25, 0.3) is 0 Å². The van der Waals surface area contributed by atoms with E-state index in [4.69, 9.17) is 37.3 Å². The number of carbonyl (C=O) groups excluding carboxylic acids is 1. The highest BCUT2D eigenvalue weighted by Crippen LogP contribution is 2.34. The number of aromatic nitrogens is 1. The van der Waals surface area contributed by atoms with Gasteiger partial charge in [-0.15, -0.1) is 0 Å². The smallest absolute Gasteiger partial charge is 0.410 e. The molecule has 0 saturated carbocycles. The highest BCUT2D eigenvalue weighted by atomic mass is 16.6. The van der Waals surface area contributed by atoms with Crippen molar-refractivity contribution in [2.24, 2.45) is 16.6 Å². The second kappa shape index (κ2) is 22.0. The molecule has 0 bridgehead atoms. The first-order valence-corrected chi connectivity index (χ1v) is 19.1. The lowest BCUT2D eigenvalue weighted by Crippen LogP contribution is -2.39. The fourth-order valence-electron chi connectivity index (χ4n) is 6.22. The molecule has 1 aromatic carbocycles. The van der Waals surface area contributed by atoms with E-state index in [1.54, 1.807) is 23.1 Å². The maximum absolute atomic E-state index is 12.3. The number of anilines is 2. The number of pyridine rings is 1. The summed E-state index contributed by atoms with van der Waals surface area (Å²) in [6.45, 7) is 11.5. The van der Waals surface area contributed by atoms with Gasteiger partial charge in [-0.25, -0.2) is 4.79 Å². The molecule has 0 fully saturated rings. The van der Waals surface area contributed by atoms with Gasteiger partial charge in [0, 0.05) is 35.4 Å². The molecule has 1 amide bonds. The van der Waals surface area contributed by atoms with Crippen LogP contribution in [0.15, 0.2) is 59.9 Å². The first-order chi connectivity index (χ1) is 25.8. The number of amides is 1. The number of hydrogen-bond donors (Lipinski definition) is 6. The van der Waals surface area contributed by atoms with Gasteiger partial charge in [-0.3, -0.25) is 10.8 Å². The zero-order valence-corrected chi connectivity index (χ0v) is 32.8. The summed E-state index contributed by atoms with van der Waals surface area (Å²) in [7, 11) is 0. The average Bonchev–Trinajstić information content (AvgIpc) is 3.51. The van der Waals surface area contributed by atoms with E-state index < -0.39 is 5.60 Å². The lowest BCUT2D eigenvalue weighted by molar-refractivity contribution is 0.0270. The van der Waals surface area contributed by atoms with E-state index in [0.29, 0.717) is 36.8 Å². The molecule has 1 atom stereocenters. The standard InChI is InChI=1S/C20H36N6O.C20H25N5O2/c1-2-3-4-5-6-7-8-9-10-11-14-27-18-13-12-16(25-19(21)22)15-17(18)26-20(23)24;1-14(22-23-21)17-13-16-7-5-6-10-25(16)18(17)15-8-11-24(12-9-15)19(26)27-20(2,3)4/h12-13,15H,2-11,14H2,1H3,(H4,21,22,25)(H4,23,24,26);5-8,10,13-14H,9,11-12H2,1-4H3. The van der Waals surface area contributed by atoms with Crippen LogP contribution in [0.25, 0.3) is 21.5 Å². The number of benzene rings is 1. The number of hydrogen-bond acceptors (Lipinski definition) is 6. The quantitative estimate of drug-likeness (QED) is 0.0196. The molecule has 2 aromatic heterocycles. The second-order valence-corrected chi connectivity index (χ2v) is 14.5. The van der Waals surface area contributed by atoms with Gasteiger partial charge in [-0.1, -0.05) is 88.9 Å². The monoisotopic (exact) mass is 743 g/mol. The molecule has 0 radical (unpaired) electrons. The molecule has 3 aromatic rings. The SMILES string of the molecule is CC(N=[N+]=[N-])c1cc2ccccn2c1C1=CCN(C(=O)OC(C)(C)C)CC1.CCCCCCCCCCCCOc1ccc(NC(=N)N)cc1NC(=N)N. The van der Waals surface area contributed by atoms with E-state index in [2.05, 4.69) is 44.1 Å². The highest BCUT2D eigenvalue weighted by molar-refractivity contribution is 5.94. The fourth-order valence-corrected chi connectivity index (χ4v) is 6.22. The van der Waals surface area contributed by atoms with Gasteiger partial charge in [0.2, 0.25) is 0 Å². The number of fused-ring (bicyclic) bond motifs is 1. The zero-order chi connectivity index (χ0) is 39.5. The number of ether oxygens (including phenoxy) is 2. The third-order valence-corrected chi connectivity index (χ3v) is 8.83. The van der Waals surface area contributed by atoms with Crippen molar-refractivity contribution < 1.29 is 14.3 Å². The Kier molecular flexibility index (Phi) is 17.5. The Morgan fingerprint density at radius 1 is 0.981 bits per heavy atom. The molecule has 54 heavy (non-hydrogen) atoms. The number of rotatable bonds is 17. The van der Waals surface area contributed by atoms with Crippen molar-refractivity contribution in [1.29, 1.82) is 10.8 Å². The molecule has 8 N–H and O–H groups in total. The molecule has 14 heteroatoms. The van der Waals surface area contributed by atoms with Crippen molar-refractivity contribution in [3.63, 3.8) is 0 Å². The van der Waals surface area contributed by atoms with Crippen LogP contribution in [0.5, 0.6) is 5.75 Å². The molecular formula is C40H61N11O3. The minimum Gasteiger partial charge on any atom is -0.491 e. The average molecular weight is 744 g/mol. The Morgan fingerprint density at radius 2 is 1.65 bits per heavy atom. The van der Waals surface area contributed by atoms with Crippen LogP contribution in [-0.2, 0) is 4.74 Å². The lowest BCUT2D eigenvalue weighted by atomic mass is 9.99. The number of nitrogens with two attached hydrogens (primary N) is 2. The van der Waals surface area contributed by atoms with Gasteiger partial charge in [-0.05, 0) is 86.7 Å². The van der Waals surface area contributed by atoms with Crippen LogP contribution in [-0.4, -0.2) is 52.6 Å². The Bertz CT molecular complexity index is 1760. The van der Waals surface area contributed by atoms with E-state index in [0.717, 1.165) is 41.6 Å². The second-order valence-electron chi connectivity index (χ2n) is 14.5. The van der Waals surface area contributed by atoms with Gasteiger partial charge in [-0.2, -0.15) is 0 Å². The third-order valence-electron chi connectivity index (χ3n) is 8.83. The Balaban J connectivity index is 0.000000290. The number of azide groups is 1. The van der Waals surface area contributed by atoms with Crippen molar-refractivity contribution in [2.45, 2.75) is 117 Å². The molecule has 3 heterocycles. The first kappa shape index (κ1) is 43.0. The minimum atomic E-state index is -0.503. The Hall–Kier alpha value is -5.36. The first-order valence-electron chi connectivity index (χ1n) is 19.1. The lowest BCUT2D eigenvalue weighted by Gasteiger charge is -2.30. The van der Waals surface area contributed by atoms with E-state index >= 15 is 0 Å². The molecule has 4 rings (SSSR count). The summed E-state index contributed by atoms with van der Waals surface area (Å²) in [5.74, 6) is 0.316. The molecule has 1 unspecified atom stereocenters. The van der Waals surface area contributed by atoms with Crippen molar-refractivity contribution >= 4 is 40.5 Å². The molecule has 0 aliphatic carbocycles. The number of nitrogens with one attached hydrogen (secondary N) is 4. The van der Waals surface area contributed by atoms with Crippen molar-refractivity contribution in [3.05, 3.63) is 76.4 Å². The van der Waals surface area contributed by atoms with Crippen LogP contribution in [0.2, 0.25) is 0 Å². The Morgan fingerprint density at radius 3 is 2.24 bits per heavy atom. The largest absolute Gasteiger partial charge is 0.491 e. The molecule has 294 valence electrons. The van der Waals surface area contributed by atoms with Crippen LogP contribution in [0.3, 0.4) is 0 Å². The molecule has 1 aliphatic heterocycles. The molecular weight excluding hydrogens is 683 g/mol. The van der Waals surface area contributed by atoms with Crippen LogP contribution in [0, 0.1) is 10.8 Å². The predicted molar refractivity (Wildman–Crippen MR) is 220 cm³/mol. The topological polar surface area (TPSA) is 216 Å². The maximum Gasteiger partial charge on any atom is 0.410 e. The number of guanidine groups is 2. The molecule has 0 saturated heterocycles. The van der Waals surface area contributed by atoms with Gasteiger partial charge in [0.1, 0.15) is 11.4 Å². The fraction of sp³-hybridized carbons (Fsp3) is 0.525. The summed E-state index contributed by atoms with van der Waals surface area (Å²) in [6, 6.07) is 13.1. The van der Waals surface area contributed by atoms with E-state index in [1.165, 1.54) is 51.4 Å². The zero-order valence-electron chi connectivity index (χ0n) is 32.8. The number of nitrogens with zero attached hydrogens (tertiary/aromatic N) is 5. The third kappa shape index (κ3) is 14.6. The van der Waals surface area contributed by atoms with Gasteiger partial charge >= 0.3 is 6.09 Å². The van der Waals surface area contributed by atoms with Gasteiger partial charge in [0.05, 0.1) is 24.0 Å². The predicted octanol–water partition coefficient (Wildman–Crippen LogP) is 9.93. The van der Waals surface area contributed by atoms with Crippen molar-refractivity contribution in [3.8, 4) is 5.75 Å². The van der Waals surface area contributed by atoms with E-state index in [9.17, 15) is 4.79 Å². The molecule has 1 aliphatic rings. The summed E-state index contributed by atoms with van der Waals surface area (Å²) in [5, 5.41) is 24.1. The van der Waals surface area contributed by atoms with Crippen LogP contribution < -0.4 is 26.8 Å². The van der Waals surface area contributed by atoms with Crippen LogP contribution in [0.4, 0.5) is 16.2 Å². The summed E-state index contributed by atoms with van der Waals surface area (Å²) in [6.07, 6.45) is 17.3. The summed E-state index contributed by atoms with van der Waals surface area (Å²) >= 11 is 0. The minimum absolute atomic E-state index is 0.150. The van der Waals surface area contributed by atoms with Gasteiger partial charge < -0.3 is 40.9 Å². The number of carbonyl (C=O) groups is 1. The van der Waals surface area contributed by atoms with E-state index in [-0.39, 0.29) is 24.1 Å². The van der Waals surface area contributed by atoms with E-state index in [1.807, 2.05) is 52.1 Å². The van der Waals surface area contributed by atoms with Crippen molar-refractivity contribution in [1.82, 2.24) is 9.30 Å². The Labute approximate surface area is 320 Å². The van der Waals surface area contributed by atoms with Crippen molar-refractivity contribution in [2.75, 3.05) is 30.3 Å². The maximum atomic E-state index is 12.3. The molecule has 14 nitrogen and oxygen atoms in total. The van der Waals surface area contributed by atoms with Crippen LogP contribution in [0.1, 0.15) is 123 Å². The summed E-state index contributed by atoms with van der Waals surface area (Å²) in [4.78, 5) is 17.0. The van der Waals surface area contributed by atoms with Crippen LogP contribution >= 0.6 is 0 Å². The summed E-state index contributed by atoms with van der Waals surface area (Å²) in [5.41, 5.74) is 24.6. The summed E-state index contributed by atoms with van der Waals surface area (Å²) < 4.78 is 13.4. The molecule has 0 spiro atoms. The highest BCUT2D eigenvalue weighted by Gasteiger charge is 2.26. The van der Waals surface area contributed by atoms with Gasteiger partial charge in [0.15, 0.2) is 11.9 Å². The normalized spacial score (nSPS) is 13.1.